The van der Waals surface area contributed by atoms with Crippen molar-refractivity contribution < 1.29 is 0 Å². The van der Waals surface area contributed by atoms with Gasteiger partial charge in [0.15, 0.2) is 0 Å². The lowest BCUT2D eigenvalue weighted by Gasteiger charge is -2.02. The molecule has 2 nitrogen and oxygen atoms in total. The average molecular weight is 281 g/mol. The number of pyridine rings is 2. The van der Waals surface area contributed by atoms with E-state index in [9.17, 15) is 0 Å². The summed E-state index contributed by atoms with van der Waals surface area (Å²) in [6, 6.07) is 7.93. The van der Waals surface area contributed by atoms with Crippen molar-refractivity contribution in [2.45, 2.75) is 10.8 Å². The maximum Gasteiger partial charge on any atom is 0.110 e. The highest BCUT2D eigenvalue weighted by Crippen LogP contribution is 2.27. The van der Waals surface area contributed by atoms with Crippen molar-refractivity contribution in [2.24, 2.45) is 0 Å². The first-order chi connectivity index (χ1) is 7.36. The van der Waals surface area contributed by atoms with Crippen LogP contribution in [0.1, 0.15) is 5.56 Å². The van der Waals surface area contributed by atoms with Crippen LogP contribution in [0.25, 0.3) is 0 Å². The lowest BCUT2D eigenvalue weighted by molar-refractivity contribution is 1.11. The van der Waals surface area contributed by atoms with E-state index in [0.29, 0.717) is 0 Å². The Balaban J connectivity index is 2.03. The van der Waals surface area contributed by atoms with Gasteiger partial charge in [-0.15, -0.1) is 11.8 Å². The summed E-state index contributed by atoms with van der Waals surface area (Å²) in [7, 11) is 0. The second kappa shape index (κ2) is 5.28. The van der Waals surface area contributed by atoms with Crippen LogP contribution < -0.4 is 0 Å². The van der Waals surface area contributed by atoms with Crippen molar-refractivity contribution in [2.75, 3.05) is 0 Å². The molecule has 15 heavy (non-hydrogen) atoms. The number of aromatic nitrogens is 2. The summed E-state index contributed by atoms with van der Waals surface area (Å²) < 4.78 is 1.04. The van der Waals surface area contributed by atoms with Gasteiger partial charge in [0, 0.05) is 28.8 Å². The Morgan fingerprint density at radius 1 is 1.20 bits per heavy atom. The molecule has 0 bridgehead atoms. The van der Waals surface area contributed by atoms with E-state index in [2.05, 4.69) is 32.0 Å². The van der Waals surface area contributed by atoms with E-state index in [-0.39, 0.29) is 0 Å². The number of hydrogen-bond acceptors (Lipinski definition) is 3. The van der Waals surface area contributed by atoms with Crippen LogP contribution in [-0.4, -0.2) is 9.97 Å². The minimum absolute atomic E-state index is 0.892. The maximum atomic E-state index is 4.29. The fourth-order valence-corrected chi connectivity index (χ4v) is 2.53. The number of rotatable bonds is 3. The quantitative estimate of drug-likeness (QED) is 0.805. The summed E-state index contributed by atoms with van der Waals surface area (Å²) in [5.41, 5.74) is 1.21. The van der Waals surface area contributed by atoms with E-state index < -0.39 is 0 Å². The lowest BCUT2D eigenvalue weighted by Crippen LogP contribution is -1.84. The van der Waals surface area contributed by atoms with Crippen molar-refractivity contribution in [1.82, 2.24) is 9.97 Å². The van der Waals surface area contributed by atoms with Gasteiger partial charge in [-0.3, -0.25) is 4.98 Å². The molecule has 0 atom stereocenters. The van der Waals surface area contributed by atoms with Gasteiger partial charge in [0.1, 0.15) is 5.03 Å². The van der Waals surface area contributed by atoms with E-state index in [0.717, 1.165) is 15.3 Å². The number of thioether (sulfide) groups is 1. The Morgan fingerprint density at radius 2 is 2.07 bits per heavy atom. The summed E-state index contributed by atoms with van der Waals surface area (Å²) >= 11 is 5.17. The first-order valence-electron chi connectivity index (χ1n) is 4.48. The Bertz CT molecular complexity index is 434. The van der Waals surface area contributed by atoms with Crippen molar-refractivity contribution >= 4 is 27.7 Å². The maximum absolute atomic E-state index is 4.29. The van der Waals surface area contributed by atoms with Crippen molar-refractivity contribution in [3.05, 3.63) is 52.9 Å². The summed E-state index contributed by atoms with van der Waals surface area (Å²) in [4.78, 5) is 8.36. The van der Waals surface area contributed by atoms with E-state index in [1.54, 1.807) is 24.2 Å². The average Bonchev–Trinajstić information content (AvgIpc) is 2.29. The second-order valence-electron chi connectivity index (χ2n) is 2.94. The van der Waals surface area contributed by atoms with Gasteiger partial charge in [-0.05, 0) is 39.7 Å². The van der Waals surface area contributed by atoms with Crippen LogP contribution in [0, 0.1) is 0 Å². The highest BCUT2D eigenvalue weighted by atomic mass is 79.9. The van der Waals surface area contributed by atoms with Crippen molar-refractivity contribution in [3.63, 3.8) is 0 Å². The van der Waals surface area contributed by atoms with Crippen LogP contribution in [0.4, 0.5) is 0 Å². The van der Waals surface area contributed by atoms with E-state index in [4.69, 9.17) is 0 Å². The van der Waals surface area contributed by atoms with Crippen molar-refractivity contribution in [1.29, 1.82) is 0 Å². The van der Waals surface area contributed by atoms with Gasteiger partial charge in [0.25, 0.3) is 0 Å². The van der Waals surface area contributed by atoms with Crippen LogP contribution in [0.15, 0.2) is 52.4 Å². The monoisotopic (exact) mass is 280 g/mol. The number of hydrogen-bond donors (Lipinski definition) is 0. The third kappa shape index (κ3) is 3.04. The first kappa shape index (κ1) is 10.6. The molecule has 0 spiro atoms. The molecule has 0 aromatic carbocycles. The van der Waals surface area contributed by atoms with Crippen molar-refractivity contribution in [3.8, 4) is 0 Å². The topological polar surface area (TPSA) is 25.8 Å². The van der Waals surface area contributed by atoms with E-state index in [1.165, 1.54) is 5.56 Å². The SMILES string of the molecule is Brc1cccnc1SCc1cccnc1. The zero-order valence-electron chi connectivity index (χ0n) is 7.93. The molecule has 0 fully saturated rings. The van der Waals surface area contributed by atoms with Crippen LogP contribution >= 0.6 is 27.7 Å². The fourth-order valence-electron chi connectivity index (χ4n) is 1.11. The first-order valence-corrected chi connectivity index (χ1v) is 6.26. The predicted molar refractivity (Wildman–Crippen MR) is 65.7 cm³/mol. The molecular weight excluding hydrogens is 272 g/mol. The van der Waals surface area contributed by atoms with E-state index in [1.807, 2.05) is 24.4 Å². The van der Waals surface area contributed by atoms with Gasteiger partial charge >= 0.3 is 0 Å². The molecule has 0 aliphatic heterocycles. The van der Waals surface area contributed by atoms with Gasteiger partial charge < -0.3 is 0 Å². The Labute approximate surface area is 101 Å². The normalized spacial score (nSPS) is 10.2. The van der Waals surface area contributed by atoms with Gasteiger partial charge in [-0.2, -0.15) is 0 Å². The summed E-state index contributed by atoms with van der Waals surface area (Å²) in [6.07, 6.45) is 5.46. The van der Waals surface area contributed by atoms with Gasteiger partial charge in [0.05, 0.1) is 0 Å². The zero-order valence-corrected chi connectivity index (χ0v) is 10.3. The molecule has 2 aromatic rings. The molecule has 4 heteroatoms. The van der Waals surface area contributed by atoms with E-state index >= 15 is 0 Å². The fraction of sp³-hybridized carbons (Fsp3) is 0.0909. The molecule has 0 saturated carbocycles. The summed E-state index contributed by atoms with van der Waals surface area (Å²) in [5, 5.41) is 1.02. The molecule has 2 heterocycles. The molecule has 2 rings (SSSR count). The second-order valence-corrected chi connectivity index (χ2v) is 4.76. The molecule has 0 radical (unpaired) electrons. The highest BCUT2D eigenvalue weighted by Gasteiger charge is 2.01. The lowest BCUT2D eigenvalue weighted by atomic mass is 10.3. The third-order valence-corrected chi connectivity index (χ3v) is 3.80. The summed E-state index contributed by atoms with van der Waals surface area (Å²) in [6.45, 7) is 0. The molecule has 0 N–H and O–H groups in total. The standard InChI is InChI=1S/C11H9BrN2S/c12-10-4-2-6-14-11(10)15-8-9-3-1-5-13-7-9/h1-7H,8H2. The van der Waals surface area contributed by atoms with Crippen LogP contribution in [-0.2, 0) is 5.75 Å². The molecule has 0 unspecified atom stereocenters. The largest absolute Gasteiger partial charge is 0.264 e. The Kier molecular flexibility index (Phi) is 3.75. The van der Waals surface area contributed by atoms with Crippen LogP contribution in [0.3, 0.4) is 0 Å². The van der Waals surface area contributed by atoms with Gasteiger partial charge in [-0.25, -0.2) is 4.98 Å². The molecule has 0 aliphatic rings. The molecule has 76 valence electrons. The highest BCUT2D eigenvalue weighted by molar-refractivity contribution is 9.10. The number of halogens is 1. The molecule has 0 aliphatic carbocycles. The number of nitrogens with zero attached hydrogens (tertiary/aromatic N) is 2. The predicted octanol–water partition coefficient (Wildman–Crippen LogP) is 3.53. The Morgan fingerprint density at radius 3 is 2.80 bits per heavy atom. The molecule has 2 aromatic heterocycles. The van der Waals surface area contributed by atoms with Gasteiger partial charge in [-0.1, -0.05) is 6.07 Å². The molecule has 0 saturated heterocycles. The van der Waals surface area contributed by atoms with Gasteiger partial charge in [0.2, 0.25) is 0 Å². The van der Waals surface area contributed by atoms with Crippen LogP contribution in [0.2, 0.25) is 0 Å². The smallest absolute Gasteiger partial charge is 0.110 e. The molecule has 0 amide bonds. The van der Waals surface area contributed by atoms with Crippen LogP contribution in [0.5, 0.6) is 0 Å². The summed E-state index contributed by atoms with van der Waals surface area (Å²) in [5.74, 6) is 0.892. The minimum atomic E-state index is 0.892. The Hall–Kier alpha value is -0.870. The minimum Gasteiger partial charge on any atom is -0.264 e. The molecular formula is C11H9BrN2S. The third-order valence-electron chi connectivity index (χ3n) is 1.82. The zero-order chi connectivity index (χ0) is 10.5.